The Kier molecular flexibility index (Phi) is 3.70. The van der Waals surface area contributed by atoms with Crippen LogP contribution in [-0.2, 0) is 17.8 Å². The van der Waals surface area contributed by atoms with Crippen molar-refractivity contribution < 1.29 is 4.74 Å². The number of para-hydroxylation sites is 1. The molecule has 2 aliphatic rings. The summed E-state index contributed by atoms with van der Waals surface area (Å²) in [4.78, 5) is 0. The molecule has 1 saturated heterocycles. The van der Waals surface area contributed by atoms with Crippen LogP contribution >= 0.6 is 0 Å². The molecule has 2 heterocycles. The third kappa shape index (κ3) is 2.99. The first-order chi connectivity index (χ1) is 10.4. The first-order valence-corrected chi connectivity index (χ1v) is 8.32. The highest BCUT2D eigenvalue weighted by molar-refractivity contribution is 5.83. The maximum absolute atomic E-state index is 5.76. The summed E-state index contributed by atoms with van der Waals surface area (Å²) in [7, 11) is 0. The topological polar surface area (TPSA) is 26.2 Å². The largest absolute Gasteiger partial charge is 0.378 e. The second-order valence-electron chi connectivity index (χ2n) is 6.44. The molecular weight excluding hydrogens is 260 g/mol. The number of rotatable bonds is 6. The van der Waals surface area contributed by atoms with E-state index in [1.54, 1.807) is 0 Å². The van der Waals surface area contributed by atoms with Crippen LogP contribution in [0.5, 0.6) is 0 Å². The average molecular weight is 284 g/mol. The van der Waals surface area contributed by atoms with Crippen LogP contribution in [0.1, 0.15) is 37.7 Å². The van der Waals surface area contributed by atoms with Crippen LogP contribution in [0.2, 0.25) is 0 Å². The summed E-state index contributed by atoms with van der Waals surface area (Å²) >= 11 is 0. The number of aromatic nitrogens is 1. The van der Waals surface area contributed by atoms with Gasteiger partial charge in [-0.2, -0.15) is 0 Å². The third-order valence-corrected chi connectivity index (χ3v) is 4.75. The number of ether oxygens (including phenoxy) is 1. The summed E-state index contributed by atoms with van der Waals surface area (Å²) in [6, 6.07) is 9.66. The van der Waals surface area contributed by atoms with E-state index in [4.69, 9.17) is 4.74 Å². The fraction of sp³-hybridized carbons (Fsp3) is 0.556. The van der Waals surface area contributed by atoms with E-state index in [2.05, 4.69) is 40.3 Å². The second-order valence-corrected chi connectivity index (χ2v) is 6.44. The maximum Gasteiger partial charge on any atom is 0.0593 e. The predicted octanol–water partition coefficient (Wildman–Crippen LogP) is 3.46. The van der Waals surface area contributed by atoms with Crippen molar-refractivity contribution in [3.05, 3.63) is 36.0 Å². The van der Waals surface area contributed by atoms with Crippen molar-refractivity contribution in [1.82, 2.24) is 9.88 Å². The predicted molar refractivity (Wildman–Crippen MR) is 85.4 cm³/mol. The van der Waals surface area contributed by atoms with Gasteiger partial charge in [-0.15, -0.1) is 0 Å². The standard InChI is InChI=1S/C18H24N2O/c1-3-14-8-10-20(11-9-17-5-2-12-21-17)18(14)15(4-1)13-19-16-6-7-16/h1,3-4,8,10,16-17,19H,2,5-7,9,11-13H2. The molecule has 3 heteroatoms. The van der Waals surface area contributed by atoms with Gasteiger partial charge in [0.2, 0.25) is 0 Å². The van der Waals surface area contributed by atoms with E-state index in [0.717, 1.165) is 32.2 Å². The lowest BCUT2D eigenvalue weighted by Gasteiger charge is -2.13. The number of benzene rings is 1. The molecule has 21 heavy (non-hydrogen) atoms. The fourth-order valence-electron chi connectivity index (χ4n) is 3.37. The quantitative estimate of drug-likeness (QED) is 0.879. The summed E-state index contributed by atoms with van der Waals surface area (Å²) < 4.78 is 8.17. The molecule has 1 aliphatic heterocycles. The SMILES string of the molecule is c1cc(CNC2CC2)c2c(c1)ccn2CCC1CCCO1. The number of hydrogen-bond donors (Lipinski definition) is 1. The molecule has 112 valence electrons. The van der Waals surface area contributed by atoms with Crippen molar-refractivity contribution >= 4 is 10.9 Å². The highest BCUT2D eigenvalue weighted by Gasteiger charge is 2.21. The average Bonchev–Trinajstić information content (AvgIpc) is 3.01. The summed E-state index contributed by atoms with van der Waals surface area (Å²) in [5.74, 6) is 0. The molecule has 0 radical (unpaired) electrons. The zero-order chi connectivity index (χ0) is 14.1. The molecule has 4 rings (SSSR count). The molecule has 1 aromatic carbocycles. The summed E-state index contributed by atoms with van der Waals surface area (Å²) in [5, 5.41) is 5.00. The minimum absolute atomic E-state index is 0.471. The lowest BCUT2D eigenvalue weighted by molar-refractivity contribution is 0.101. The van der Waals surface area contributed by atoms with Crippen molar-refractivity contribution in [3.8, 4) is 0 Å². The molecule has 2 fully saturated rings. The Hall–Kier alpha value is -1.32. The highest BCUT2D eigenvalue weighted by Crippen LogP contribution is 2.24. The van der Waals surface area contributed by atoms with Gasteiger partial charge in [0.1, 0.15) is 0 Å². The molecule has 0 spiro atoms. The molecular formula is C18H24N2O. The molecule has 2 aromatic rings. The zero-order valence-electron chi connectivity index (χ0n) is 12.6. The van der Waals surface area contributed by atoms with Gasteiger partial charge in [0.25, 0.3) is 0 Å². The van der Waals surface area contributed by atoms with E-state index in [1.165, 1.54) is 42.1 Å². The van der Waals surface area contributed by atoms with Crippen LogP contribution < -0.4 is 5.32 Å². The Morgan fingerprint density at radius 1 is 1.19 bits per heavy atom. The zero-order valence-corrected chi connectivity index (χ0v) is 12.6. The van der Waals surface area contributed by atoms with Crippen molar-refractivity contribution in [2.45, 2.75) is 57.3 Å². The van der Waals surface area contributed by atoms with E-state index >= 15 is 0 Å². The van der Waals surface area contributed by atoms with Crippen LogP contribution in [-0.4, -0.2) is 23.3 Å². The minimum atomic E-state index is 0.471. The highest BCUT2D eigenvalue weighted by atomic mass is 16.5. The Bertz CT molecular complexity index is 609. The minimum Gasteiger partial charge on any atom is -0.378 e. The van der Waals surface area contributed by atoms with Gasteiger partial charge in [0, 0.05) is 31.9 Å². The van der Waals surface area contributed by atoms with Crippen LogP contribution in [0.25, 0.3) is 10.9 Å². The molecule has 1 saturated carbocycles. The van der Waals surface area contributed by atoms with Gasteiger partial charge in [-0.25, -0.2) is 0 Å². The van der Waals surface area contributed by atoms with Gasteiger partial charge < -0.3 is 14.6 Å². The molecule has 0 bridgehead atoms. The summed E-state index contributed by atoms with van der Waals surface area (Å²) in [6.45, 7) is 3.01. The molecule has 1 aliphatic carbocycles. The van der Waals surface area contributed by atoms with Crippen molar-refractivity contribution in [2.75, 3.05) is 6.61 Å². The van der Waals surface area contributed by atoms with Gasteiger partial charge in [-0.05, 0) is 49.1 Å². The van der Waals surface area contributed by atoms with Gasteiger partial charge in [-0.3, -0.25) is 0 Å². The van der Waals surface area contributed by atoms with Gasteiger partial charge >= 0.3 is 0 Å². The lowest BCUT2D eigenvalue weighted by Crippen LogP contribution is -2.16. The van der Waals surface area contributed by atoms with Crippen molar-refractivity contribution in [3.63, 3.8) is 0 Å². The summed E-state index contributed by atoms with van der Waals surface area (Å²) in [5.41, 5.74) is 2.83. The lowest BCUT2D eigenvalue weighted by atomic mass is 10.1. The first kappa shape index (κ1) is 13.4. The van der Waals surface area contributed by atoms with E-state index in [0.29, 0.717) is 6.10 Å². The van der Waals surface area contributed by atoms with Crippen LogP contribution in [0.15, 0.2) is 30.5 Å². The second kappa shape index (κ2) is 5.82. The van der Waals surface area contributed by atoms with Gasteiger partial charge in [0.15, 0.2) is 0 Å². The molecule has 0 amide bonds. The van der Waals surface area contributed by atoms with Gasteiger partial charge in [0.05, 0.1) is 11.6 Å². The third-order valence-electron chi connectivity index (χ3n) is 4.75. The molecule has 1 atom stereocenters. The Morgan fingerprint density at radius 2 is 2.14 bits per heavy atom. The monoisotopic (exact) mass is 284 g/mol. The number of hydrogen-bond acceptors (Lipinski definition) is 2. The van der Waals surface area contributed by atoms with Crippen molar-refractivity contribution in [2.24, 2.45) is 0 Å². The number of fused-ring (bicyclic) bond motifs is 1. The molecule has 1 unspecified atom stereocenters. The smallest absolute Gasteiger partial charge is 0.0593 e. The number of aryl methyl sites for hydroxylation is 1. The van der Waals surface area contributed by atoms with E-state index < -0.39 is 0 Å². The van der Waals surface area contributed by atoms with E-state index in [-0.39, 0.29) is 0 Å². The fourth-order valence-corrected chi connectivity index (χ4v) is 3.37. The Labute approximate surface area is 126 Å². The van der Waals surface area contributed by atoms with Gasteiger partial charge in [-0.1, -0.05) is 18.2 Å². The van der Waals surface area contributed by atoms with Crippen LogP contribution in [0.4, 0.5) is 0 Å². The Morgan fingerprint density at radius 3 is 2.95 bits per heavy atom. The Balaban J connectivity index is 1.52. The molecule has 1 aromatic heterocycles. The summed E-state index contributed by atoms with van der Waals surface area (Å²) in [6.07, 6.45) is 8.99. The number of nitrogens with zero attached hydrogens (tertiary/aromatic N) is 1. The molecule has 3 nitrogen and oxygen atoms in total. The van der Waals surface area contributed by atoms with Crippen molar-refractivity contribution in [1.29, 1.82) is 0 Å². The van der Waals surface area contributed by atoms with Crippen LogP contribution in [0.3, 0.4) is 0 Å². The van der Waals surface area contributed by atoms with E-state index in [1.807, 2.05) is 0 Å². The van der Waals surface area contributed by atoms with Crippen LogP contribution in [0, 0.1) is 0 Å². The first-order valence-electron chi connectivity index (χ1n) is 8.32. The normalized spacial score (nSPS) is 22.2. The maximum atomic E-state index is 5.76. The van der Waals surface area contributed by atoms with E-state index in [9.17, 15) is 0 Å². The molecule has 1 N–H and O–H groups in total. The number of nitrogens with one attached hydrogen (secondary N) is 1.